The second-order valence-corrected chi connectivity index (χ2v) is 5.62. The fourth-order valence-corrected chi connectivity index (χ4v) is 3.45. The lowest BCUT2D eigenvalue weighted by Crippen LogP contribution is -2.03. The number of hydrogen-bond donors (Lipinski definition) is 1. The third kappa shape index (κ3) is 2.77. The second kappa shape index (κ2) is 6.47. The van der Waals surface area contributed by atoms with Crippen molar-refractivity contribution in [1.29, 1.82) is 0 Å². The molecule has 1 atom stereocenters. The van der Waals surface area contributed by atoms with Crippen molar-refractivity contribution < 1.29 is 19.3 Å². The zero-order valence-corrected chi connectivity index (χ0v) is 13.7. The Morgan fingerprint density at radius 3 is 2.05 bits per heavy atom. The topological polar surface area (TPSA) is 47.9 Å². The minimum absolute atomic E-state index is 0.549. The molecule has 0 aliphatic heterocycles. The lowest BCUT2D eigenvalue weighted by atomic mass is 10.0. The molecule has 1 aromatic carbocycles. The largest absolute Gasteiger partial charge is 0.496 e. The van der Waals surface area contributed by atoms with E-state index < -0.39 is 6.10 Å². The average molecular weight is 359 g/mol. The zero-order chi connectivity index (χ0) is 14.7. The average Bonchev–Trinajstić information content (AvgIpc) is 2.91. The highest BCUT2D eigenvalue weighted by Gasteiger charge is 2.21. The summed E-state index contributed by atoms with van der Waals surface area (Å²) in [5, 5.41) is 14.4. The summed E-state index contributed by atoms with van der Waals surface area (Å²) in [6.45, 7) is 0. The number of benzene rings is 1. The molecule has 4 nitrogen and oxygen atoms in total. The highest BCUT2D eigenvalue weighted by molar-refractivity contribution is 9.10. The Labute approximate surface area is 130 Å². The van der Waals surface area contributed by atoms with Crippen LogP contribution < -0.4 is 14.2 Å². The van der Waals surface area contributed by atoms with Crippen LogP contribution in [0.3, 0.4) is 0 Å². The molecule has 1 aromatic heterocycles. The van der Waals surface area contributed by atoms with Gasteiger partial charge in [0.05, 0.1) is 21.3 Å². The van der Waals surface area contributed by atoms with Crippen LogP contribution in [0.4, 0.5) is 0 Å². The van der Waals surface area contributed by atoms with Gasteiger partial charge in [-0.2, -0.15) is 11.3 Å². The van der Waals surface area contributed by atoms with Crippen molar-refractivity contribution in [2.45, 2.75) is 6.10 Å². The van der Waals surface area contributed by atoms with E-state index in [-0.39, 0.29) is 0 Å². The molecular formula is C14H15BrO4S. The van der Waals surface area contributed by atoms with Crippen LogP contribution in [0.25, 0.3) is 0 Å². The van der Waals surface area contributed by atoms with Gasteiger partial charge in [-0.25, -0.2) is 0 Å². The van der Waals surface area contributed by atoms with Crippen molar-refractivity contribution >= 4 is 27.3 Å². The Morgan fingerprint density at radius 1 is 0.950 bits per heavy atom. The summed E-state index contributed by atoms with van der Waals surface area (Å²) >= 11 is 4.94. The van der Waals surface area contributed by atoms with Crippen molar-refractivity contribution in [3.05, 3.63) is 38.5 Å². The van der Waals surface area contributed by atoms with E-state index in [1.165, 1.54) is 11.3 Å². The van der Waals surface area contributed by atoms with E-state index in [1.807, 2.05) is 10.8 Å². The van der Waals surface area contributed by atoms with Crippen LogP contribution in [0.2, 0.25) is 0 Å². The Bertz CT molecular complexity index is 597. The highest BCUT2D eigenvalue weighted by atomic mass is 79.9. The molecule has 1 N–H and O–H groups in total. The molecule has 0 saturated carbocycles. The molecule has 0 radical (unpaired) electrons. The van der Waals surface area contributed by atoms with Crippen LogP contribution in [-0.2, 0) is 0 Å². The van der Waals surface area contributed by atoms with Crippen LogP contribution in [0.15, 0.2) is 27.4 Å². The quantitative estimate of drug-likeness (QED) is 0.886. The molecule has 0 aliphatic carbocycles. The molecule has 2 rings (SSSR count). The molecule has 108 valence electrons. The molecule has 0 fully saturated rings. The Kier molecular flexibility index (Phi) is 4.91. The molecule has 20 heavy (non-hydrogen) atoms. The molecule has 2 aromatic rings. The SMILES string of the molecule is COc1cc(OC)c(C(O)c2cscc2Br)cc1OC. The molecule has 1 heterocycles. The van der Waals surface area contributed by atoms with E-state index in [2.05, 4.69) is 15.9 Å². The smallest absolute Gasteiger partial charge is 0.164 e. The fourth-order valence-electron chi connectivity index (χ4n) is 1.92. The number of methoxy groups -OCH3 is 3. The number of halogens is 1. The normalized spacial score (nSPS) is 12.1. The minimum atomic E-state index is -0.801. The monoisotopic (exact) mass is 358 g/mol. The van der Waals surface area contributed by atoms with E-state index >= 15 is 0 Å². The van der Waals surface area contributed by atoms with Gasteiger partial charge in [0.25, 0.3) is 0 Å². The van der Waals surface area contributed by atoms with Crippen LogP contribution in [0, 0.1) is 0 Å². The summed E-state index contributed by atoms with van der Waals surface area (Å²) in [6.07, 6.45) is -0.801. The summed E-state index contributed by atoms with van der Waals surface area (Å²) in [5.74, 6) is 1.66. The van der Waals surface area contributed by atoms with E-state index in [9.17, 15) is 5.11 Å². The summed E-state index contributed by atoms with van der Waals surface area (Å²) in [5.41, 5.74) is 1.42. The standard InChI is InChI=1S/C14H15BrO4S/c1-17-11-5-13(19-3)12(18-2)4-8(11)14(16)9-6-20-7-10(9)15/h4-7,14,16H,1-3H3. The van der Waals surface area contributed by atoms with Gasteiger partial charge in [0.15, 0.2) is 11.5 Å². The van der Waals surface area contributed by atoms with E-state index in [4.69, 9.17) is 14.2 Å². The van der Waals surface area contributed by atoms with Crippen molar-refractivity contribution in [3.63, 3.8) is 0 Å². The van der Waals surface area contributed by atoms with E-state index in [0.717, 1.165) is 10.0 Å². The zero-order valence-electron chi connectivity index (χ0n) is 11.3. The van der Waals surface area contributed by atoms with Crippen LogP contribution >= 0.6 is 27.3 Å². The maximum Gasteiger partial charge on any atom is 0.164 e. The number of hydrogen-bond acceptors (Lipinski definition) is 5. The van der Waals surface area contributed by atoms with Gasteiger partial charge in [0.1, 0.15) is 11.9 Å². The predicted molar refractivity (Wildman–Crippen MR) is 82.2 cm³/mol. The molecule has 0 bridgehead atoms. The summed E-state index contributed by atoms with van der Waals surface area (Å²) in [6, 6.07) is 3.43. The first-order valence-corrected chi connectivity index (χ1v) is 7.55. The molecular weight excluding hydrogens is 344 g/mol. The first-order valence-electron chi connectivity index (χ1n) is 5.82. The summed E-state index contributed by atoms with van der Waals surface area (Å²) in [4.78, 5) is 0. The van der Waals surface area contributed by atoms with Gasteiger partial charge >= 0.3 is 0 Å². The summed E-state index contributed by atoms with van der Waals surface area (Å²) < 4.78 is 16.7. The van der Waals surface area contributed by atoms with Crippen molar-refractivity contribution in [2.24, 2.45) is 0 Å². The second-order valence-electron chi connectivity index (χ2n) is 4.03. The Morgan fingerprint density at radius 2 is 1.55 bits per heavy atom. The van der Waals surface area contributed by atoms with E-state index in [1.54, 1.807) is 33.5 Å². The fraction of sp³-hybridized carbons (Fsp3) is 0.286. The third-order valence-electron chi connectivity index (χ3n) is 2.97. The maximum absolute atomic E-state index is 10.6. The first-order chi connectivity index (χ1) is 9.62. The van der Waals surface area contributed by atoms with Gasteiger partial charge in [-0.05, 0) is 27.4 Å². The summed E-state index contributed by atoms with van der Waals surface area (Å²) in [7, 11) is 4.67. The van der Waals surface area contributed by atoms with Crippen molar-refractivity contribution in [2.75, 3.05) is 21.3 Å². The van der Waals surface area contributed by atoms with Gasteiger partial charge < -0.3 is 19.3 Å². The van der Waals surface area contributed by atoms with Crippen LogP contribution in [0.1, 0.15) is 17.2 Å². The van der Waals surface area contributed by atoms with Crippen molar-refractivity contribution in [1.82, 2.24) is 0 Å². The Hall–Kier alpha value is -1.24. The van der Waals surface area contributed by atoms with Crippen LogP contribution in [0.5, 0.6) is 17.2 Å². The molecule has 0 amide bonds. The number of aliphatic hydroxyl groups excluding tert-OH is 1. The molecule has 0 spiro atoms. The number of rotatable bonds is 5. The third-order valence-corrected chi connectivity index (χ3v) is 4.72. The van der Waals surface area contributed by atoms with Gasteiger partial charge in [-0.3, -0.25) is 0 Å². The molecule has 6 heteroatoms. The lowest BCUT2D eigenvalue weighted by Gasteiger charge is -2.17. The predicted octanol–water partition coefficient (Wildman–Crippen LogP) is 3.62. The lowest BCUT2D eigenvalue weighted by molar-refractivity contribution is 0.213. The molecule has 0 saturated heterocycles. The van der Waals surface area contributed by atoms with E-state index in [0.29, 0.717) is 22.8 Å². The van der Waals surface area contributed by atoms with Gasteiger partial charge in [0, 0.05) is 27.0 Å². The molecule has 0 aliphatic rings. The van der Waals surface area contributed by atoms with Gasteiger partial charge in [-0.1, -0.05) is 0 Å². The first kappa shape index (κ1) is 15.2. The molecule has 1 unspecified atom stereocenters. The number of thiophene rings is 1. The minimum Gasteiger partial charge on any atom is -0.496 e. The number of aliphatic hydroxyl groups is 1. The van der Waals surface area contributed by atoms with Gasteiger partial charge in [0.2, 0.25) is 0 Å². The number of ether oxygens (including phenoxy) is 3. The van der Waals surface area contributed by atoms with Crippen LogP contribution in [-0.4, -0.2) is 26.4 Å². The van der Waals surface area contributed by atoms with Crippen molar-refractivity contribution in [3.8, 4) is 17.2 Å². The highest BCUT2D eigenvalue weighted by Crippen LogP contribution is 2.41. The maximum atomic E-state index is 10.6. The Balaban J connectivity index is 2.52. The van der Waals surface area contributed by atoms with Gasteiger partial charge in [-0.15, -0.1) is 0 Å².